The monoisotopic (exact) mass is 411 g/mol. The molecule has 3 rings (SSSR count). The second-order valence-electron chi connectivity index (χ2n) is 7.41. The van der Waals surface area contributed by atoms with Crippen LogP contribution in [0.2, 0.25) is 0 Å². The topological polar surface area (TPSA) is 140 Å². The van der Waals surface area contributed by atoms with Crippen LogP contribution in [0.4, 0.5) is 0 Å². The van der Waals surface area contributed by atoms with Crippen molar-refractivity contribution in [2.24, 2.45) is 18.7 Å². The standard InChI is InChI=1S/C21H25N5O4/c1-26-20(28)16(11-17(25-26)12-3-5-13(6-4-12)18(22)23)19(27)24-15-9-7-14(8-10-15)21(29)30-2/h3-6,11,14-15H,7-10H2,1-2H3,(H3,22,23)(H,24,27)/t14-,15-. The van der Waals surface area contributed by atoms with Gasteiger partial charge in [0, 0.05) is 24.2 Å². The van der Waals surface area contributed by atoms with E-state index in [0.29, 0.717) is 42.5 Å². The van der Waals surface area contributed by atoms with E-state index in [2.05, 4.69) is 10.4 Å². The van der Waals surface area contributed by atoms with Crippen LogP contribution in [-0.4, -0.2) is 40.6 Å². The van der Waals surface area contributed by atoms with Gasteiger partial charge in [0.25, 0.3) is 11.5 Å². The van der Waals surface area contributed by atoms with Gasteiger partial charge in [-0.05, 0) is 31.7 Å². The second-order valence-corrected chi connectivity index (χ2v) is 7.41. The molecule has 0 aliphatic heterocycles. The van der Waals surface area contributed by atoms with E-state index in [9.17, 15) is 14.4 Å². The molecule has 0 spiro atoms. The van der Waals surface area contributed by atoms with Gasteiger partial charge in [-0.2, -0.15) is 5.10 Å². The Morgan fingerprint density at radius 1 is 1.20 bits per heavy atom. The average Bonchev–Trinajstić information content (AvgIpc) is 2.75. The van der Waals surface area contributed by atoms with Crippen molar-refractivity contribution >= 4 is 17.7 Å². The zero-order valence-corrected chi connectivity index (χ0v) is 17.0. The van der Waals surface area contributed by atoms with Crippen LogP contribution in [-0.2, 0) is 16.6 Å². The predicted octanol–water partition coefficient (Wildman–Crippen LogP) is 1.19. The number of carbonyl (C=O) groups excluding carboxylic acids is 2. The minimum absolute atomic E-state index is 0.00763. The summed E-state index contributed by atoms with van der Waals surface area (Å²) < 4.78 is 5.92. The van der Waals surface area contributed by atoms with E-state index in [1.165, 1.54) is 20.2 Å². The summed E-state index contributed by atoms with van der Waals surface area (Å²) in [5, 5.41) is 14.6. The fourth-order valence-electron chi connectivity index (χ4n) is 3.64. The number of methoxy groups -OCH3 is 1. The molecule has 4 N–H and O–H groups in total. The van der Waals surface area contributed by atoms with Crippen molar-refractivity contribution < 1.29 is 14.3 Å². The number of carbonyl (C=O) groups is 2. The van der Waals surface area contributed by atoms with Gasteiger partial charge in [-0.3, -0.25) is 19.8 Å². The zero-order valence-electron chi connectivity index (χ0n) is 17.0. The molecule has 0 atom stereocenters. The van der Waals surface area contributed by atoms with Gasteiger partial charge in [0.1, 0.15) is 11.4 Å². The van der Waals surface area contributed by atoms with Crippen LogP contribution in [0.1, 0.15) is 41.6 Å². The molecule has 2 aromatic rings. The quantitative estimate of drug-likeness (QED) is 0.384. The number of esters is 1. The van der Waals surface area contributed by atoms with Gasteiger partial charge in [0.2, 0.25) is 0 Å². The first-order valence-electron chi connectivity index (χ1n) is 9.72. The number of rotatable bonds is 5. The summed E-state index contributed by atoms with van der Waals surface area (Å²) >= 11 is 0. The highest BCUT2D eigenvalue weighted by Gasteiger charge is 2.28. The fourth-order valence-corrected chi connectivity index (χ4v) is 3.64. The highest BCUT2D eigenvalue weighted by Crippen LogP contribution is 2.25. The number of nitrogen functional groups attached to an aromatic ring is 1. The third-order valence-corrected chi connectivity index (χ3v) is 5.40. The van der Waals surface area contributed by atoms with Crippen molar-refractivity contribution in [3.05, 3.63) is 51.8 Å². The van der Waals surface area contributed by atoms with Crippen LogP contribution in [0, 0.1) is 11.3 Å². The van der Waals surface area contributed by atoms with Gasteiger partial charge < -0.3 is 15.8 Å². The maximum atomic E-state index is 12.8. The number of nitrogens with one attached hydrogen (secondary N) is 2. The summed E-state index contributed by atoms with van der Waals surface area (Å²) in [4.78, 5) is 36.9. The Balaban J connectivity index is 1.77. The molecule has 1 aromatic carbocycles. The number of benzene rings is 1. The number of hydrogen-bond donors (Lipinski definition) is 3. The third kappa shape index (κ3) is 4.56. The molecule has 1 aliphatic carbocycles. The number of ether oxygens (including phenoxy) is 1. The molecule has 1 aliphatic rings. The molecule has 9 nitrogen and oxygen atoms in total. The van der Waals surface area contributed by atoms with E-state index in [1.807, 2.05) is 0 Å². The highest BCUT2D eigenvalue weighted by molar-refractivity contribution is 5.96. The van der Waals surface area contributed by atoms with Crippen LogP contribution in [0.3, 0.4) is 0 Å². The Hall–Kier alpha value is -3.49. The largest absolute Gasteiger partial charge is 0.469 e. The van der Waals surface area contributed by atoms with E-state index < -0.39 is 11.5 Å². The first-order valence-corrected chi connectivity index (χ1v) is 9.72. The van der Waals surface area contributed by atoms with Crippen molar-refractivity contribution in [1.29, 1.82) is 5.41 Å². The number of aryl methyl sites for hydroxylation is 1. The number of hydrogen-bond acceptors (Lipinski definition) is 6. The number of aromatic nitrogens is 2. The van der Waals surface area contributed by atoms with Crippen molar-refractivity contribution in [2.45, 2.75) is 31.7 Å². The molecular formula is C21H25N5O4. The summed E-state index contributed by atoms with van der Waals surface area (Å²) in [6.07, 6.45) is 2.58. The number of nitrogens with zero attached hydrogens (tertiary/aromatic N) is 2. The van der Waals surface area contributed by atoms with E-state index in [0.717, 1.165) is 4.68 Å². The Morgan fingerprint density at radius 3 is 2.40 bits per heavy atom. The Labute approximate surface area is 173 Å². The summed E-state index contributed by atoms with van der Waals surface area (Å²) in [7, 11) is 2.87. The predicted molar refractivity (Wildman–Crippen MR) is 111 cm³/mol. The average molecular weight is 411 g/mol. The van der Waals surface area contributed by atoms with E-state index in [1.54, 1.807) is 24.3 Å². The van der Waals surface area contributed by atoms with Crippen molar-refractivity contribution in [2.75, 3.05) is 7.11 Å². The zero-order chi connectivity index (χ0) is 21.8. The molecule has 0 bridgehead atoms. The normalized spacial score (nSPS) is 18.5. The maximum Gasteiger partial charge on any atom is 0.308 e. The molecule has 0 unspecified atom stereocenters. The Bertz CT molecular complexity index is 1020. The molecular weight excluding hydrogens is 386 g/mol. The third-order valence-electron chi connectivity index (χ3n) is 5.40. The van der Waals surface area contributed by atoms with Gasteiger partial charge >= 0.3 is 5.97 Å². The van der Waals surface area contributed by atoms with E-state index >= 15 is 0 Å². The first-order chi connectivity index (χ1) is 14.3. The van der Waals surface area contributed by atoms with Crippen LogP contribution in [0.15, 0.2) is 35.1 Å². The lowest BCUT2D eigenvalue weighted by Gasteiger charge is -2.27. The molecule has 1 aromatic heterocycles. The van der Waals surface area contributed by atoms with E-state index in [-0.39, 0.29) is 29.3 Å². The van der Waals surface area contributed by atoms with Crippen molar-refractivity contribution in [3.63, 3.8) is 0 Å². The van der Waals surface area contributed by atoms with Gasteiger partial charge in [-0.15, -0.1) is 0 Å². The summed E-state index contributed by atoms with van der Waals surface area (Å²) in [5.41, 5.74) is 6.73. The van der Waals surface area contributed by atoms with Crippen LogP contribution in [0.5, 0.6) is 0 Å². The highest BCUT2D eigenvalue weighted by atomic mass is 16.5. The lowest BCUT2D eigenvalue weighted by molar-refractivity contribution is -0.146. The Morgan fingerprint density at radius 2 is 1.83 bits per heavy atom. The molecule has 1 fully saturated rings. The molecule has 1 heterocycles. The Kier molecular flexibility index (Phi) is 6.29. The summed E-state index contributed by atoms with van der Waals surface area (Å²) in [6.45, 7) is 0. The maximum absolute atomic E-state index is 12.8. The van der Waals surface area contributed by atoms with Crippen LogP contribution >= 0.6 is 0 Å². The lowest BCUT2D eigenvalue weighted by atomic mass is 9.86. The molecule has 30 heavy (non-hydrogen) atoms. The van der Waals surface area contributed by atoms with Crippen LogP contribution < -0.4 is 16.6 Å². The minimum atomic E-state index is -0.486. The number of amides is 1. The van der Waals surface area contributed by atoms with Gasteiger partial charge in [0.05, 0.1) is 18.7 Å². The first kappa shape index (κ1) is 21.2. The van der Waals surface area contributed by atoms with Crippen molar-refractivity contribution in [3.8, 4) is 11.3 Å². The van der Waals surface area contributed by atoms with Crippen molar-refractivity contribution in [1.82, 2.24) is 15.1 Å². The lowest BCUT2D eigenvalue weighted by Crippen LogP contribution is -2.41. The van der Waals surface area contributed by atoms with Gasteiger partial charge in [-0.1, -0.05) is 24.3 Å². The second kappa shape index (κ2) is 8.89. The molecule has 158 valence electrons. The molecule has 0 saturated heterocycles. The minimum Gasteiger partial charge on any atom is -0.469 e. The molecule has 1 amide bonds. The smallest absolute Gasteiger partial charge is 0.308 e. The summed E-state index contributed by atoms with van der Waals surface area (Å²) in [6, 6.07) is 8.21. The van der Waals surface area contributed by atoms with Gasteiger partial charge in [-0.25, -0.2) is 4.68 Å². The fraction of sp³-hybridized carbons (Fsp3) is 0.381. The number of nitrogens with two attached hydrogens (primary N) is 1. The molecule has 0 radical (unpaired) electrons. The van der Waals surface area contributed by atoms with E-state index in [4.69, 9.17) is 15.9 Å². The number of amidine groups is 1. The van der Waals surface area contributed by atoms with Crippen LogP contribution in [0.25, 0.3) is 11.3 Å². The molecule has 9 heteroatoms. The summed E-state index contributed by atoms with van der Waals surface area (Å²) in [5.74, 6) is -0.859. The molecule has 1 saturated carbocycles. The SMILES string of the molecule is COC(=O)[C@H]1CC[C@H](NC(=O)c2cc(-c3ccc(C(=N)N)cc3)nn(C)c2=O)CC1. The van der Waals surface area contributed by atoms with Gasteiger partial charge in [0.15, 0.2) is 0 Å².